The van der Waals surface area contributed by atoms with Crippen LogP contribution >= 0.6 is 0 Å². The maximum absolute atomic E-state index is 2.43. The molecule has 254 valence electrons. The molecule has 0 amide bonds. The molecule has 0 saturated carbocycles. The predicted octanol–water partition coefficient (Wildman–Crippen LogP) is 14.7. The van der Waals surface area contributed by atoms with Gasteiger partial charge in [0.05, 0.1) is 11.4 Å². The van der Waals surface area contributed by atoms with Crippen LogP contribution in [0, 0.1) is 20.8 Å². The van der Waals surface area contributed by atoms with Crippen molar-refractivity contribution < 1.29 is 0 Å². The Balaban J connectivity index is 1.42. The molecule has 0 saturated heterocycles. The van der Waals surface area contributed by atoms with E-state index in [9.17, 15) is 0 Å². The second-order valence-electron chi connectivity index (χ2n) is 14.0. The lowest BCUT2D eigenvalue weighted by Gasteiger charge is -2.30. The largest absolute Gasteiger partial charge is 0.310 e. The van der Waals surface area contributed by atoms with Gasteiger partial charge < -0.3 is 9.80 Å². The summed E-state index contributed by atoms with van der Waals surface area (Å²) < 4.78 is 0. The molecule has 0 atom stereocenters. The van der Waals surface area contributed by atoms with Gasteiger partial charge in [0.1, 0.15) is 0 Å². The quantitative estimate of drug-likeness (QED) is 0.155. The van der Waals surface area contributed by atoms with Crippen molar-refractivity contribution in [2.45, 2.75) is 20.8 Å². The van der Waals surface area contributed by atoms with Gasteiger partial charge in [0, 0.05) is 33.5 Å². The Bertz CT molecular complexity index is 2770. The third-order valence-electron chi connectivity index (χ3n) is 10.4. The molecule has 0 N–H and O–H groups in total. The van der Waals surface area contributed by atoms with E-state index in [0.717, 1.165) is 34.1 Å². The van der Waals surface area contributed by atoms with Crippen LogP contribution in [0.1, 0.15) is 16.7 Å². The van der Waals surface area contributed by atoms with Crippen LogP contribution in [0.5, 0.6) is 0 Å². The lowest BCUT2D eigenvalue weighted by molar-refractivity contribution is 1.28. The zero-order valence-corrected chi connectivity index (χ0v) is 30.3. The maximum atomic E-state index is 2.43. The molecule has 9 aromatic rings. The van der Waals surface area contributed by atoms with E-state index in [0.29, 0.717) is 0 Å². The summed E-state index contributed by atoms with van der Waals surface area (Å²) in [4.78, 5) is 4.85. The van der Waals surface area contributed by atoms with Crippen molar-refractivity contribution in [3.05, 3.63) is 205 Å². The highest BCUT2D eigenvalue weighted by Gasteiger charge is 2.22. The lowest BCUT2D eigenvalue weighted by atomic mass is 9.91. The first-order valence-electron chi connectivity index (χ1n) is 18.4. The van der Waals surface area contributed by atoms with Crippen LogP contribution in [0.25, 0.3) is 43.4 Å². The van der Waals surface area contributed by atoms with E-state index >= 15 is 0 Å². The van der Waals surface area contributed by atoms with Crippen molar-refractivity contribution in [2.75, 3.05) is 9.80 Å². The molecule has 0 aliphatic carbocycles. The number of rotatable bonds is 7. The second-order valence-corrected chi connectivity index (χ2v) is 14.0. The Hall–Kier alpha value is -6.64. The number of benzene rings is 9. The standard InChI is InChI=1S/C51H40N2/c1-35-16-14-23-41(30-35)52(39-19-6-4-7-20-39)50-33-48-45-29-28-38(43-25-11-10-18-37(43)3)32-49(45)51(34-47(48)44-26-12-13-27-46(44)50)53(40-21-8-5-9-22-40)42-24-15-17-36(2)31-42/h4-34H,1-3H3. The molecule has 0 radical (unpaired) electrons. The number of nitrogens with zero attached hydrogens (tertiary/aromatic N) is 2. The Kier molecular flexibility index (Phi) is 8.21. The number of anilines is 6. The van der Waals surface area contributed by atoms with Gasteiger partial charge >= 0.3 is 0 Å². The zero-order chi connectivity index (χ0) is 35.9. The van der Waals surface area contributed by atoms with E-state index < -0.39 is 0 Å². The Morgan fingerprint density at radius 2 is 0.774 bits per heavy atom. The van der Waals surface area contributed by atoms with Crippen LogP contribution in [0.4, 0.5) is 34.1 Å². The van der Waals surface area contributed by atoms with E-state index in [1.165, 1.54) is 60.1 Å². The molecule has 9 aromatic carbocycles. The van der Waals surface area contributed by atoms with Gasteiger partial charge in [-0.25, -0.2) is 0 Å². The van der Waals surface area contributed by atoms with Crippen molar-refractivity contribution >= 4 is 66.4 Å². The fourth-order valence-corrected chi connectivity index (χ4v) is 7.94. The van der Waals surface area contributed by atoms with Crippen LogP contribution in [0.2, 0.25) is 0 Å². The normalized spacial score (nSPS) is 11.3. The highest BCUT2D eigenvalue weighted by atomic mass is 15.1. The molecule has 0 spiro atoms. The van der Waals surface area contributed by atoms with Crippen molar-refractivity contribution in [2.24, 2.45) is 0 Å². The summed E-state index contributed by atoms with van der Waals surface area (Å²) in [6.07, 6.45) is 0. The molecule has 0 aliphatic rings. The molecule has 0 aromatic heterocycles. The highest BCUT2D eigenvalue weighted by Crippen LogP contribution is 2.48. The SMILES string of the molecule is Cc1cccc(N(c2ccccc2)c2cc3c4ccc(-c5ccccc5C)cc4c(N(c4ccccc4)c4cccc(C)c4)cc3c3ccccc23)c1. The fourth-order valence-electron chi connectivity index (χ4n) is 7.94. The number of para-hydroxylation sites is 2. The highest BCUT2D eigenvalue weighted by molar-refractivity contribution is 6.25. The summed E-state index contributed by atoms with van der Waals surface area (Å²) in [5, 5.41) is 7.28. The third kappa shape index (κ3) is 5.89. The van der Waals surface area contributed by atoms with Crippen LogP contribution in [0.3, 0.4) is 0 Å². The number of fused-ring (bicyclic) bond motifs is 5. The van der Waals surface area contributed by atoms with Gasteiger partial charge in [0.25, 0.3) is 0 Å². The Labute approximate surface area is 311 Å². The number of aryl methyl sites for hydroxylation is 3. The van der Waals surface area contributed by atoms with Crippen LogP contribution in [0.15, 0.2) is 188 Å². The summed E-state index contributed by atoms with van der Waals surface area (Å²) in [5.74, 6) is 0. The fraction of sp³-hybridized carbons (Fsp3) is 0.0588. The van der Waals surface area contributed by atoms with Crippen molar-refractivity contribution in [1.82, 2.24) is 0 Å². The average molecular weight is 681 g/mol. The van der Waals surface area contributed by atoms with E-state index in [-0.39, 0.29) is 0 Å². The van der Waals surface area contributed by atoms with Gasteiger partial charge in [-0.1, -0.05) is 121 Å². The van der Waals surface area contributed by atoms with Crippen LogP contribution < -0.4 is 9.80 Å². The minimum absolute atomic E-state index is 1.12. The molecule has 0 heterocycles. The van der Waals surface area contributed by atoms with Gasteiger partial charge in [0.15, 0.2) is 0 Å². The van der Waals surface area contributed by atoms with E-state index in [1.807, 2.05) is 0 Å². The first-order chi connectivity index (χ1) is 26.0. The number of hydrogen-bond acceptors (Lipinski definition) is 2. The third-order valence-corrected chi connectivity index (χ3v) is 10.4. The topological polar surface area (TPSA) is 6.48 Å². The summed E-state index contributed by atoms with van der Waals surface area (Å²) >= 11 is 0. The monoisotopic (exact) mass is 680 g/mol. The first-order valence-corrected chi connectivity index (χ1v) is 18.4. The van der Waals surface area contributed by atoms with Gasteiger partial charge in [0.2, 0.25) is 0 Å². The summed E-state index contributed by atoms with van der Waals surface area (Å²) in [6.45, 7) is 6.54. The van der Waals surface area contributed by atoms with Crippen molar-refractivity contribution in [3.8, 4) is 11.1 Å². The van der Waals surface area contributed by atoms with E-state index in [2.05, 4.69) is 219 Å². The van der Waals surface area contributed by atoms with Gasteiger partial charge in [-0.05, 0) is 137 Å². The van der Waals surface area contributed by atoms with E-state index in [4.69, 9.17) is 0 Å². The molecule has 0 bridgehead atoms. The molecular formula is C51H40N2. The lowest BCUT2D eigenvalue weighted by Crippen LogP contribution is -2.12. The molecule has 2 nitrogen and oxygen atoms in total. The predicted molar refractivity (Wildman–Crippen MR) is 228 cm³/mol. The summed E-state index contributed by atoms with van der Waals surface area (Å²) in [5.41, 5.74) is 13.0. The van der Waals surface area contributed by atoms with Crippen molar-refractivity contribution in [3.63, 3.8) is 0 Å². The molecule has 2 heteroatoms. The van der Waals surface area contributed by atoms with Crippen LogP contribution in [-0.2, 0) is 0 Å². The molecule has 0 fully saturated rings. The molecule has 9 rings (SSSR count). The van der Waals surface area contributed by atoms with Gasteiger partial charge in [-0.2, -0.15) is 0 Å². The van der Waals surface area contributed by atoms with E-state index in [1.54, 1.807) is 0 Å². The Morgan fingerprint density at radius 3 is 1.34 bits per heavy atom. The van der Waals surface area contributed by atoms with Crippen LogP contribution in [-0.4, -0.2) is 0 Å². The maximum Gasteiger partial charge on any atom is 0.0546 e. The molecule has 0 aliphatic heterocycles. The first kappa shape index (κ1) is 32.3. The summed E-state index contributed by atoms with van der Waals surface area (Å²) in [7, 11) is 0. The van der Waals surface area contributed by atoms with Crippen molar-refractivity contribution in [1.29, 1.82) is 0 Å². The molecule has 53 heavy (non-hydrogen) atoms. The number of hydrogen-bond donors (Lipinski definition) is 0. The Morgan fingerprint density at radius 1 is 0.302 bits per heavy atom. The second kappa shape index (κ2) is 13.5. The van der Waals surface area contributed by atoms with Gasteiger partial charge in [-0.15, -0.1) is 0 Å². The summed E-state index contributed by atoms with van der Waals surface area (Å²) in [6, 6.07) is 68.7. The minimum Gasteiger partial charge on any atom is -0.310 e. The zero-order valence-electron chi connectivity index (χ0n) is 30.3. The molecule has 0 unspecified atom stereocenters. The molecular weight excluding hydrogens is 641 g/mol. The minimum atomic E-state index is 1.12. The average Bonchev–Trinajstić information content (AvgIpc) is 3.19. The van der Waals surface area contributed by atoms with Gasteiger partial charge in [-0.3, -0.25) is 0 Å². The smallest absolute Gasteiger partial charge is 0.0546 e.